The van der Waals surface area contributed by atoms with Gasteiger partial charge in [-0.15, -0.1) is 0 Å². The fourth-order valence-corrected chi connectivity index (χ4v) is 3.24. The molecule has 1 heterocycles. The topological polar surface area (TPSA) is 33.4 Å². The highest BCUT2D eigenvalue weighted by Gasteiger charge is 2.38. The van der Waals surface area contributed by atoms with Crippen LogP contribution in [0.4, 0.5) is 0 Å². The van der Waals surface area contributed by atoms with Crippen LogP contribution in [-0.2, 0) is 5.60 Å². The first-order valence-corrected chi connectivity index (χ1v) is 7.30. The van der Waals surface area contributed by atoms with Crippen molar-refractivity contribution in [3.8, 4) is 0 Å². The van der Waals surface area contributed by atoms with E-state index in [9.17, 15) is 5.11 Å². The maximum Gasteiger partial charge on any atom is 0.136 e. The van der Waals surface area contributed by atoms with Gasteiger partial charge < -0.3 is 9.52 Å². The first-order valence-electron chi connectivity index (χ1n) is 7.30. The van der Waals surface area contributed by atoms with Crippen LogP contribution in [0, 0.1) is 11.8 Å². The van der Waals surface area contributed by atoms with E-state index < -0.39 is 5.60 Å². The number of hydrogen-bond acceptors (Lipinski definition) is 2. The summed E-state index contributed by atoms with van der Waals surface area (Å²) in [4.78, 5) is 0. The summed E-state index contributed by atoms with van der Waals surface area (Å²) in [6.45, 7) is 4.55. The van der Waals surface area contributed by atoms with Gasteiger partial charge in [0.25, 0.3) is 0 Å². The van der Waals surface area contributed by atoms with Crippen LogP contribution in [0.3, 0.4) is 0 Å². The summed E-state index contributed by atoms with van der Waals surface area (Å²) in [7, 11) is 0. The molecular formula is C17H22O2. The maximum atomic E-state index is 10.8. The molecule has 1 saturated carbocycles. The Labute approximate surface area is 114 Å². The second kappa shape index (κ2) is 4.68. The number of furan rings is 1. The summed E-state index contributed by atoms with van der Waals surface area (Å²) in [6.07, 6.45) is 3.81. The molecule has 0 radical (unpaired) electrons. The summed E-state index contributed by atoms with van der Waals surface area (Å²) in [5, 5.41) is 11.9. The molecule has 19 heavy (non-hydrogen) atoms. The van der Waals surface area contributed by atoms with E-state index in [4.69, 9.17) is 4.42 Å². The number of rotatable bonds is 2. The molecule has 102 valence electrons. The van der Waals surface area contributed by atoms with Gasteiger partial charge >= 0.3 is 0 Å². The molecule has 0 amide bonds. The van der Waals surface area contributed by atoms with Gasteiger partial charge in [0.2, 0.25) is 0 Å². The molecule has 1 aliphatic carbocycles. The van der Waals surface area contributed by atoms with E-state index in [1.165, 1.54) is 0 Å². The van der Waals surface area contributed by atoms with Crippen molar-refractivity contribution in [2.75, 3.05) is 0 Å². The standard InChI is InChI=1S/C17H22O2/c1-12(2)13-7-9-17(18,10-8-13)16-11-14-5-3-4-6-15(14)19-16/h3-6,11-13,18H,7-10H2,1-2H3. The molecule has 2 heteroatoms. The highest BCUT2D eigenvalue weighted by molar-refractivity contribution is 5.77. The number of benzene rings is 1. The molecule has 3 rings (SSSR count). The van der Waals surface area contributed by atoms with Crippen molar-refractivity contribution in [1.82, 2.24) is 0 Å². The van der Waals surface area contributed by atoms with Crippen LogP contribution in [0.5, 0.6) is 0 Å². The zero-order chi connectivity index (χ0) is 13.5. The molecule has 2 nitrogen and oxygen atoms in total. The van der Waals surface area contributed by atoms with Crippen LogP contribution >= 0.6 is 0 Å². The molecule has 1 aliphatic rings. The fraction of sp³-hybridized carbons (Fsp3) is 0.529. The normalized spacial score (nSPS) is 28.1. The molecule has 0 bridgehead atoms. The first-order chi connectivity index (χ1) is 9.08. The molecule has 0 spiro atoms. The smallest absolute Gasteiger partial charge is 0.136 e. The molecule has 0 saturated heterocycles. The lowest BCUT2D eigenvalue weighted by atomic mass is 9.74. The summed E-state index contributed by atoms with van der Waals surface area (Å²) < 4.78 is 5.86. The second-order valence-corrected chi connectivity index (χ2v) is 6.26. The van der Waals surface area contributed by atoms with Gasteiger partial charge in [-0.05, 0) is 49.7 Å². The van der Waals surface area contributed by atoms with E-state index in [1.54, 1.807) is 0 Å². The van der Waals surface area contributed by atoms with Crippen molar-refractivity contribution >= 4 is 11.0 Å². The molecule has 1 fully saturated rings. The van der Waals surface area contributed by atoms with Crippen LogP contribution in [0.25, 0.3) is 11.0 Å². The van der Waals surface area contributed by atoms with Gasteiger partial charge in [0, 0.05) is 5.39 Å². The SMILES string of the molecule is CC(C)C1CCC(O)(c2cc3ccccc3o2)CC1. The lowest BCUT2D eigenvalue weighted by molar-refractivity contribution is -0.0359. The summed E-state index contributed by atoms with van der Waals surface area (Å²) in [6, 6.07) is 9.97. The Hall–Kier alpha value is -1.28. The quantitative estimate of drug-likeness (QED) is 0.862. The lowest BCUT2D eigenvalue weighted by Gasteiger charge is -2.36. The predicted octanol–water partition coefficient (Wildman–Crippen LogP) is 4.47. The zero-order valence-electron chi connectivity index (χ0n) is 11.7. The average Bonchev–Trinajstić information content (AvgIpc) is 2.83. The van der Waals surface area contributed by atoms with Gasteiger partial charge in [0.15, 0.2) is 0 Å². The number of para-hydroxylation sites is 1. The van der Waals surface area contributed by atoms with Crippen molar-refractivity contribution < 1.29 is 9.52 Å². The van der Waals surface area contributed by atoms with Gasteiger partial charge in [-0.1, -0.05) is 32.0 Å². The Balaban J connectivity index is 1.85. The van der Waals surface area contributed by atoms with Crippen molar-refractivity contribution in [3.05, 3.63) is 36.1 Å². The highest BCUT2D eigenvalue weighted by Crippen LogP contribution is 2.43. The molecule has 1 N–H and O–H groups in total. The van der Waals surface area contributed by atoms with E-state index in [-0.39, 0.29) is 0 Å². The van der Waals surface area contributed by atoms with Crippen molar-refractivity contribution in [3.63, 3.8) is 0 Å². The molecule has 2 aromatic rings. The van der Waals surface area contributed by atoms with Crippen molar-refractivity contribution in [2.24, 2.45) is 11.8 Å². The van der Waals surface area contributed by atoms with Gasteiger partial charge in [-0.3, -0.25) is 0 Å². The minimum atomic E-state index is -0.760. The van der Waals surface area contributed by atoms with Gasteiger partial charge in [-0.2, -0.15) is 0 Å². The highest BCUT2D eigenvalue weighted by atomic mass is 16.4. The van der Waals surface area contributed by atoms with E-state index >= 15 is 0 Å². The molecule has 0 unspecified atom stereocenters. The molecular weight excluding hydrogens is 236 g/mol. The van der Waals surface area contributed by atoms with Crippen LogP contribution in [0.2, 0.25) is 0 Å². The van der Waals surface area contributed by atoms with Gasteiger partial charge in [0.1, 0.15) is 16.9 Å². The van der Waals surface area contributed by atoms with Crippen LogP contribution < -0.4 is 0 Å². The summed E-state index contributed by atoms with van der Waals surface area (Å²) >= 11 is 0. The maximum absolute atomic E-state index is 10.8. The van der Waals surface area contributed by atoms with Crippen LogP contribution in [-0.4, -0.2) is 5.11 Å². The molecule has 1 aromatic heterocycles. The van der Waals surface area contributed by atoms with Gasteiger partial charge in [-0.25, -0.2) is 0 Å². The Morgan fingerprint density at radius 3 is 2.53 bits per heavy atom. The zero-order valence-corrected chi connectivity index (χ0v) is 11.7. The summed E-state index contributed by atoms with van der Waals surface area (Å²) in [5.41, 5.74) is 0.113. The lowest BCUT2D eigenvalue weighted by Crippen LogP contribution is -2.32. The minimum absolute atomic E-state index is 0.709. The Bertz CT molecular complexity index is 526. The number of hydrogen-bond donors (Lipinski definition) is 1. The van der Waals surface area contributed by atoms with Crippen molar-refractivity contribution in [1.29, 1.82) is 0 Å². The minimum Gasteiger partial charge on any atom is -0.458 e. The Morgan fingerprint density at radius 1 is 1.21 bits per heavy atom. The first kappa shape index (κ1) is 12.7. The van der Waals surface area contributed by atoms with E-state index in [1.807, 2.05) is 30.3 Å². The number of fused-ring (bicyclic) bond motifs is 1. The second-order valence-electron chi connectivity index (χ2n) is 6.26. The van der Waals surface area contributed by atoms with Gasteiger partial charge in [0.05, 0.1) is 0 Å². The Kier molecular flexibility index (Phi) is 3.14. The predicted molar refractivity (Wildman–Crippen MR) is 76.9 cm³/mol. The van der Waals surface area contributed by atoms with E-state index in [0.717, 1.165) is 48.3 Å². The average molecular weight is 258 g/mol. The third-order valence-electron chi connectivity index (χ3n) is 4.68. The fourth-order valence-electron chi connectivity index (χ4n) is 3.24. The Morgan fingerprint density at radius 2 is 1.89 bits per heavy atom. The third kappa shape index (κ3) is 2.30. The summed E-state index contributed by atoms with van der Waals surface area (Å²) in [5.74, 6) is 2.20. The van der Waals surface area contributed by atoms with Crippen LogP contribution in [0.1, 0.15) is 45.3 Å². The molecule has 0 aliphatic heterocycles. The molecule has 1 aromatic carbocycles. The monoisotopic (exact) mass is 258 g/mol. The van der Waals surface area contributed by atoms with E-state index in [0.29, 0.717) is 5.92 Å². The molecule has 0 atom stereocenters. The van der Waals surface area contributed by atoms with E-state index in [2.05, 4.69) is 13.8 Å². The third-order valence-corrected chi connectivity index (χ3v) is 4.68. The van der Waals surface area contributed by atoms with Crippen LogP contribution in [0.15, 0.2) is 34.7 Å². The largest absolute Gasteiger partial charge is 0.458 e. The number of aliphatic hydroxyl groups is 1. The van der Waals surface area contributed by atoms with Crippen molar-refractivity contribution in [2.45, 2.75) is 45.1 Å².